The minimum absolute atomic E-state index is 0.243. The molecule has 0 radical (unpaired) electrons. The van der Waals surface area contributed by atoms with Gasteiger partial charge in [-0.05, 0) is 58.7 Å². The summed E-state index contributed by atoms with van der Waals surface area (Å²) in [6.07, 6.45) is 1.82. The third kappa shape index (κ3) is 1.73. The van der Waals surface area contributed by atoms with E-state index in [9.17, 15) is 4.39 Å². The van der Waals surface area contributed by atoms with Gasteiger partial charge in [0.15, 0.2) is 0 Å². The standard InChI is InChI=1S/C14H10BrFN2/c1-9-2-7-13-12(14(9)15)8-17-18(13)11-5-3-10(16)4-6-11/h2-8H,1H3. The van der Waals surface area contributed by atoms with Gasteiger partial charge >= 0.3 is 0 Å². The quantitative estimate of drug-likeness (QED) is 0.657. The van der Waals surface area contributed by atoms with Crippen LogP contribution in [0.3, 0.4) is 0 Å². The van der Waals surface area contributed by atoms with Gasteiger partial charge in [-0.15, -0.1) is 0 Å². The van der Waals surface area contributed by atoms with Crippen molar-refractivity contribution in [2.75, 3.05) is 0 Å². The van der Waals surface area contributed by atoms with Crippen LogP contribution < -0.4 is 0 Å². The van der Waals surface area contributed by atoms with Gasteiger partial charge in [0, 0.05) is 9.86 Å². The average Bonchev–Trinajstić information content (AvgIpc) is 2.79. The predicted octanol–water partition coefficient (Wildman–Crippen LogP) is 4.24. The van der Waals surface area contributed by atoms with Crippen molar-refractivity contribution in [3.8, 4) is 5.69 Å². The van der Waals surface area contributed by atoms with E-state index in [1.165, 1.54) is 17.7 Å². The van der Waals surface area contributed by atoms with E-state index < -0.39 is 0 Å². The fourth-order valence-electron chi connectivity index (χ4n) is 1.96. The molecule has 4 heteroatoms. The third-order valence-electron chi connectivity index (χ3n) is 2.95. The second-order valence-electron chi connectivity index (χ2n) is 4.16. The van der Waals surface area contributed by atoms with Crippen molar-refractivity contribution < 1.29 is 4.39 Å². The largest absolute Gasteiger partial charge is 0.233 e. The fourth-order valence-corrected chi connectivity index (χ4v) is 2.40. The maximum Gasteiger partial charge on any atom is 0.123 e. The van der Waals surface area contributed by atoms with Gasteiger partial charge in [0.2, 0.25) is 0 Å². The van der Waals surface area contributed by atoms with E-state index in [0.29, 0.717) is 0 Å². The highest BCUT2D eigenvalue weighted by Gasteiger charge is 2.08. The number of halogens is 2. The van der Waals surface area contributed by atoms with E-state index in [1.54, 1.807) is 16.8 Å². The molecule has 3 aromatic rings. The normalized spacial score (nSPS) is 11.1. The molecule has 0 spiro atoms. The van der Waals surface area contributed by atoms with Gasteiger partial charge in [0.25, 0.3) is 0 Å². The number of rotatable bonds is 1. The summed E-state index contributed by atoms with van der Waals surface area (Å²) in [7, 11) is 0. The van der Waals surface area contributed by atoms with Crippen molar-refractivity contribution in [3.63, 3.8) is 0 Å². The van der Waals surface area contributed by atoms with Gasteiger partial charge in [-0.1, -0.05) is 6.07 Å². The van der Waals surface area contributed by atoms with Crippen LogP contribution in [0, 0.1) is 12.7 Å². The first-order valence-corrected chi connectivity index (χ1v) is 6.35. The molecule has 0 aliphatic heterocycles. The molecule has 0 aliphatic rings. The van der Waals surface area contributed by atoms with E-state index in [4.69, 9.17) is 0 Å². The highest BCUT2D eigenvalue weighted by Crippen LogP contribution is 2.28. The zero-order valence-electron chi connectivity index (χ0n) is 9.69. The summed E-state index contributed by atoms with van der Waals surface area (Å²) in [4.78, 5) is 0. The highest BCUT2D eigenvalue weighted by atomic mass is 79.9. The Morgan fingerprint density at radius 2 is 1.83 bits per heavy atom. The molecule has 2 nitrogen and oxygen atoms in total. The lowest BCUT2D eigenvalue weighted by atomic mass is 10.2. The second kappa shape index (κ2) is 4.21. The van der Waals surface area contributed by atoms with Crippen LogP contribution in [-0.2, 0) is 0 Å². The van der Waals surface area contributed by atoms with Gasteiger partial charge < -0.3 is 0 Å². The van der Waals surface area contributed by atoms with Crippen molar-refractivity contribution in [3.05, 3.63) is 58.4 Å². The smallest absolute Gasteiger partial charge is 0.123 e. The van der Waals surface area contributed by atoms with E-state index in [0.717, 1.165) is 21.1 Å². The van der Waals surface area contributed by atoms with Gasteiger partial charge in [-0.2, -0.15) is 5.10 Å². The van der Waals surface area contributed by atoms with Crippen LogP contribution in [0.5, 0.6) is 0 Å². The van der Waals surface area contributed by atoms with Crippen LogP contribution in [-0.4, -0.2) is 9.78 Å². The Hall–Kier alpha value is -1.68. The number of nitrogens with zero attached hydrogens (tertiary/aromatic N) is 2. The molecule has 0 fully saturated rings. The highest BCUT2D eigenvalue weighted by molar-refractivity contribution is 9.10. The van der Waals surface area contributed by atoms with Crippen LogP contribution in [0.15, 0.2) is 47.1 Å². The Kier molecular flexibility index (Phi) is 2.67. The number of aryl methyl sites for hydroxylation is 1. The molecular weight excluding hydrogens is 295 g/mol. The van der Waals surface area contributed by atoms with E-state index >= 15 is 0 Å². The summed E-state index contributed by atoms with van der Waals surface area (Å²) in [5.74, 6) is -0.243. The first-order chi connectivity index (χ1) is 8.66. The molecule has 18 heavy (non-hydrogen) atoms. The Morgan fingerprint density at radius 1 is 1.11 bits per heavy atom. The molecule has 0 aliphatic carbocycles. The molecule has 3 rings (SSSR count). The van der Waals surface area contributed by atoms with Crippen molar-refractivity contribution in [1.29, 1.82) is 0 Å². The minimum Gasteiger partial charge on any atom is -0.233 e. The number of fused-ring (bicyclic) bond motifs is 1. The molecule has 1 aromatic heterocycles. The van der Waals surface area contributed by atoms with Gasteiger partial charge in [0.05, 0.1) is 17.4 Å². The molecule has 1 heterocycles. The lowest BCUT2D eigenvalue weighted by molar-refractivity contribution is 0.627. The fraction of sp³-hybridized carbons (Fsp3) is 0.0714. The Balaban J connectivity index is 2.25. The van der Waals surface area contributed by atoms with Crippen LogP contribution in [0.2, 0.25) is 0 Å². The van der Waals surface area contributed by atoms with Crippen LogP contribution in [0.1, 0.15) is 5.56 Å². The molecule has 90 valence electrons. The number of hydrogen-bond donors (Lipinski definition) is 0. The molecular formula is C14H10BrFN2. The first-order valence-electron chi connectivity index (χ1n) is 5.55. The summed E-state index contributed by atoms with van der Waals surface area (Å²) >= 11 is 3.56. The molecule has 2 aromatic carbocycles. The van der Waals surface area contributed by atoms with Gasteiger partial charge in [-0.3, -0.25) is 0 Å². The van der Waals surface area contributed by atoms with E-state index in [2.05, 4.69) is 21.0 Å². The van der Waals surface area contributed by atoms with Crippen molar-refractivity contribution >= 4 is 26.8 Å². The zero-order chi connectivity index (χ0) is 12.7. The lowest BCUT2D eigenvalue weighted by Crippen LogP contribution is -1.95. The van der Waals surface area contributed by atoms with E-state index in [-0.39, 0.29) is 5.82 Å². The molecule has 0 bridgehead atoms. The molecule has 0 N–H and O–H groups in total. The van der Waals surface area contributed by atoms with Crippen molar-refractivity contribution in [2.24, 2.45) is 0 Å². The summed E-state index contributed by atoms with van der Waals surface area (Å²) in [6, 6.07) is 10.4. The second-order valence-corrected chi connectivity index (χ2v) is 4.96. The van der Waals surface area contributed by atoms with Crippen molar-refractivity contribution in [1.82, 2.24) is 9.78 Å². The number of aromatic nitrogens is 2. The monoisotopic (exact) mass is 304 g/mol. The summed E-state index contributed by atoms with van der Waals surface area (Å²) in [5, 5.41) is 5.42. The Morgan fingerprint density at radius 3 is 2.56 bits per heavy atom. The first kappa shape index (κ1) is 11.4. The maximum absolute atomic E-state index is 12.9. The average molecular weight is 305 g/mol. The van der Waals surface area contributed by atoms with Crippen LogP contribution >= 0.6 is 15.9 Å². The summed E-state index contributed by atoms with van der Waals surface area (Å²) in [6.45, 7) is 2.04. The molecule has 0 unspecified atom stereocenters. The molecule has 0 saturated carbocycles. The summed E-state index contributed by atoms with van der Waals surface area (Å²) in [5.41, 5.74) is 3.02. The number of hydrogen-bond acceptors (Lipinski definition) is 1. The van der Waals surface area contributed by atoms with Crippen LogP contribution in [0.4, 0.5) is 4.39 Å². The number of benzene rings is 2. The van der Waals surface area contributed by atoms with Crippen LogP contribution in [0.25, 0.3) is 16.6 Å². The third-order valence-corrected chi connectivity index (χ3v) is 4.00. The maximum atomic E-state index is 12.9. The molecule has 0 atom stereocenters. The van der Waals surface area contributed by atoms with E-state index in [1.807, 2.05) is 25.3 Å². The minimum atomic E-state index is -0.243. The predicted molar refractivity (Wildman–Crippen MR) is 73.5 cm³/mol. The lowest BCUT2D eigenvalue weighted by Gasteiger charge is -2.04. The van der Waals surface area contributed by atoms with Gasteiger partial charge in [0.1, 0.15) is 5.82 Å². The molecule has 0 amide bonds. The molecule has 0 saturated heterocycles. The van der Waals surface area contributed by atoms with Gasteiger partial charge in [-0.25, -0.2) is 9.07 Å². The topological polar surface area (TPSA) is 17.8 Å². The summed E-state index contributed by atoms with van der Waals surface area (Å²) < 4.78 is 15.8. The SMILES string of the molecule is Cc1ccc2c(cnn2-c2ccc(F)cc2)c1Br. The zero-order valence-corrected chi connectivity index (χ0v) is 11.3. The Bertz CT molecular complexity index is 716. The Labute approximate surface area is 112 Å². The van der Waals surface area contributed by atoms with Crippen molar-refractivity contribution in [2.45, 2.75) is 6.92 Å².